The Morgan fingerprint density at radius 1 is 1.19 bits per heavy atom. The lowest BCUT2D eigenvalue weighted by Gasteiger charge is -2.14. The maximum absolute atomic E-state index is 12.9. The number of hydrogen-bond acceptors (Lipinski definition) is 6. The first-order valence-electron chi connectivity index (χ1n) is 10.4. The molecule has 4 rings (SSSR count). The number of carbonyl (C=O) groups is 2. The van der Waals surface area contributed by atoms with Crippen molar-refractivity contribution in [1.29, 1.82) is 0 Å². The van der Waals surface area contributed by atoms with E-state index in [1.807, 2.05) is 26.8 Å². The second-order valence-corrected chi connectivity index (χ2v) is 11.2. The molecule has 0 unspecified atom stereocenters. The molecule has 0 saturated heterocycles. The smallest absolute Gasteiger partial charge is 0.251 e. The fourth-order valence-electron chi connectivity index (χ4n) is 3.27. The molecule has 7 nitrogen and oxygen atoms in total. The Kier molecular flexibility index (Phi) is 6.92. The van der Waals surface area contributed by atoms with E-state index in [0.717, 1.165) is 27.6 Å². The first-order valence-corrected chi connectivity index (χ1v) is 12.8. The molecule has 0 radical (unpaired) electrons. The molecule has 1 fully saturated rings. The number of halogens is 2. The minimum atomic E-state index is -0.404. The van der Waals surface area contributed by atoms with E-state index in [0.29, 0.717) is 33.7 Å². The maximum atomic E-state index is 12.9. The molecule has 1 aromatic carbocycles. The number of carbonyl (C=O) groups excluding carboxylic acids is 2. The minimum absolute atomic E-state index is 0.0782. The lowest BCUT2D eigenvalue weighted by atomic mass is 10.1. The van der Waals surface area contributed by atoms with Crippen molar-refractivity contribution in [2.45, 2.75) is 52.0 Å². The predicted octanol–water partition coefficient (Wildman–Crippen LogP) is 5.85. The fraction of sp³-hybridized carbons (Fsp3) is 0.409. The van der Waals surface area contributed by atoms with E-state index in [2.05, 4.69) is 47.3 Å². The molecule has 1 N–H and O–H groups in total. The zero-order valence-corrected chi connectivity index (χ0v) is 21.9. The summed E-state index contributed by atoms with van der Waals surface area (Å²) in [7, 11) is 0. The van der Waals surface area contributed by atoms with Gasteiger partial charge in [0.15, 0.2) is 17.4 Å². The summed E-state index contributed by atoms with van der Waals surface area (Å²) < 4.78 is 3.29. The average Bonchev–Trinajstić information content (AvgIpc) is 3.27. The Bertz CT molecular complexity index is 1150. The van der Waals surface area contributed by atoms with Gasteiger partial charge in [0.05, 0.1) is 17.1 Å². The average molecular weight is 581 g/mol. The van der Waals surface area contributed by atoms with Crippen LogP contribution in [0.5, 0.6) is 0 Å². The molecule has 1 atom stereocenters. The number of thiazole rings is 1. The summed E-state index contributed by atoms with van der Waals surface area (Å²) in [6.07, 6.45) is 4.21. The monoisotopic (exact) mass is 579 g/mol. The van der Waals surface area contributed by atoms with Crippen LogP contribution < -0.4 is 5.32 Å². The van der Waals surface area contributed by atoms with Gasteiger partial charge in [-0.3, -0.25) is 9.59 Å². The molecule has 1 saturated carbocycles. The van der Waals surface area contributed by atoms with E-state index in [4.69, 9.17) is 4.98 Å². The molecule has 32 heavy (non-hydrogen) atoms. The van der Waals surface area contributed by atoms with Crippen LogP contribution in [0, 0.1) is 5.92 Å². The second-order valence-electron chi connectivity index (χ2n) is 8.40. The summed E-state index contributed by atoms with van der Waals surface area (Å²) in [5, 5.41) is 8.27. The van der Waals surface area contributed by atoms with Gasteiger partial charge in [0, 0.05) is 26.8 Å². The summed E-state index contributed by atoms with van der Waals surface area (Å²) in [6, 6.07) is 5.00. The highest BCUT2D eigenvalue weighted by atomic mass is 79.9. The minimum Gasteiger partial charge on any atom is -0.342 e. The molecular formula is C22H23Br2N5O2S. The molecule has 0 spiro atoms. The molecular weight excluding hydrogens is 558 g/mol. The van der Waals surface area contributed by atoms with Gasteiger partial charge in [-0.05, 0) is 43.9 Å². The van der Waals surface area contributed by atoms with Gasteiger partial charge in [0.25, 0.3) is 5.91 Å². The molecule has 3 aromatic rings. The Labute approximate surface area is 207 Å². The van der Waals surface area contributed by atoms with Gasteiger partial charge in [0.1, 0.15) is 0 Å². The molecule has 1 aliphatic carbocycles. The lowest BCUT2D eigenvalue weighted by Crippen LogP contribution is -2.28. The Balaban J connectivity index is 1.61. The predicted molar refractivity (Wildman–Crippen MR) is 131 cm³/mol. The molecule has 0 bridgehead atoms. The van der Waals surface area contributed by atoms with Crippen molar-refractivity contribution >= 4 is 54.9 Å². The van der Waals surface area contributed by atoms with E-state index in [-0.39, 0.29) is 17.6 Å². The number of aromatic nitrogens is 4. The van der Waals surface area contributed by atoms with Crippen LogP contribution in [-0.4, -0.2) is 31.4 Å². The van der Waals surface area contributed by atoms with Crippen molar-refractivity contribution in [1.82, 2.24) is 25.1 Å². The number of hydrogen-bond donors (Lipinski definition) is 1. The second kappa shape index (κ2) is 9.52. The SMILES string of the molecule is CC(C)CC(=O)c1cnc(-n2nc(C3CC3)nc2[C@H](C)NC(=O)c2cc(Br)cc(Br)c2)s1. The third-order valence-electron chi connectivity index (χ3n) is 4.99. The van der Waals surface area contributed by atoms with Crippen LogP contribution >= 0.6 is 43.2 Å². The van der Waals surface area contributed by atoms with Crippen LogP contribution in [0.2, 0.25) is 0 Å². The largest absolute Gasteiger partial charge is 0.342 e. The normalized spacial score (nSPS) is 14.6. The van der Waals surface area contributed by atoms with Gasteiger partial charge < -0.3 is 5.32 Å². The summed E-state index contributed by atoms with van der Waals surface area (Å²) >= 11 is 8.14. The lowest BCUT2D eigenvalue weighted by molar-refractivity contribution is 0.0935. The van der Waals surface area contributed by atoms with Gasteiger partial charge in [0.2, 0.25) is 5.13 Å². The van der Waals surface area contributed by atoms with Crippen molar-refractivity contribution < 1.29 is 9.59 Å². The molecule has 10 heteroatoms. The van der Waals surface area contributed by atoms with Crippen LogP contribution in [0.15, 0.2) is 33.3 Å². The Hall–Kier alpha value is -1.91. The summed E-state index contributed by atoms with van der Waals surface area (Å²) in [5.41, 5.74) is 0.530. The van der Waals surface area contributed by atoms with Gasteiger partial charge in [-0.25, -0.2) is 9.97 Å². The number of Topliss-reactive ketones (excluding diaryl/α,β-unsaturated/α-hetero) is 1. The highest BCUT2D eigenvalue weighted by molar-refractivity contribution is 9.11. The van der Waals surface area contributed by atoms with Gasteiger partial charge in [-0.15, -0.1) is 5.10 Å². The zero-order chi connectivity index (χ0) is 23.0. The molecule has 1 amide bonds. The molecule has 168 valence electrons. The van der Waals surface area contributed by atoms with Gasteiger partial charge in [-0.1, -0.05) is 57.0 Å². The standard InChI is InChI=1S/C22H23Br2N5O2S/c1-11(2)6-17(30)18-10-25-22(32-18)29-20(27-19(28-29)13-4-5-13)12(3)26-21(31)14-7-15(23)9-16(24)8-14/h7-13H,4-6H2,1-3H3,(H,26,31)/t12-/m0/s1. The summed E-state index contributed by atoms with van der Waals surface area (Å²) in [4.78, 5) is 35.1. The van der Waals surface area contributed by atoms with E-state index < -0.39 is 6.04 Å². The van der Waals surface area contributed by atoms with Crippen LogP contribution in [-0.2, 0) is 0 Å². The van der Waals surface area contributed by atoms with Crippen LogP contribution in [0.3, 0.4) is 0 Å². The summed E-state index contributed by atoms with van der Waals surface area (Å²) in [6.45, 7) is 5.91. The van der Waals surface area contributed by atoms with E-state index in [1.165, 1.54) is 11.3 Å². The first-order chi connectivity index (χ1) is 15.2. The summed E-state index contributed by atoms with van der Waals surface area (Å²) in [5.74, 6) is 1.86. The molecule has 0 aliphatic heterocycles. The number of benzene rings is 1. The van der Waals surface area contributed by atoms with Crippen molar-refractivity contribution in [3.63, 3.8) is 0 Å². The quantitative estimate of drug-likeness (QED) is 0.338. The third kappa shape index (κ3) is 5.35. The first kappa shape index (κ1) is 23.3. The van der Waals surface area contributed by atoms with Crippen LogP contribution in [0.25, 0.3) is 5.13 Å². The van der Waals surface area contributed by atoms with Crippen LogP contribution in [0.4, 0.5) is 0 Å². The molecule has 1 aliphatic rings. The van der Waals surface area contributed by atoms with Crippen molar-refractivity contribution in [3.8, 4) is 5.13 Å². The topological polar surface area (TPSA) is 89.8 Å². The number of nitrogens with one attached hydrogen (secondary N) is 1. The van der Waals surface area contributed by atoms with E-state index in [1.54, 1.807) is 23.0 Å². The molecule has 2 aromatic heterocycles. The van der Waals surface area contributed by atoms with Crippen molar-refractivity contribution in [2.75, 3.05) is 0 Å². The fourth-order valence-corrected chi connectivity index (χ4v) is 5.39. The van der Waals surface area contributed by atoms with Crippen molar-refractivity contribution in [2.24, 2.45) is 5.92 Å². The Morgan fingerprint density at radius 3 is 2.50 bits per heavy atom. The number of rotatable bonds is 8. The zero-order valence-electron chi connectivity index (χ0n) is 17.9. The van der Waals surface area contributed by atoms with Gasteiger partial charge >= 0.3 is 0 Å². The number of ketones is 1. The highest BCUT2D eigenvalue weighted by Crippen LogP contribution is 2.39. The Morgan fingerprint density at radius 2 is 1.88 bits per heavy atom. The van der Waals surface area contributed by atoms with E-state index >= 15 is 0 Å². The maximum Gasteiger partial charge on any atom is 0.251 e. The van der Waals surface area contributed by atoms with Gasteiger partial charge in [-0.2, -0.15) is 4.68 Å². The van der Waals surface area contributed by atoms with E-state index in [9.17, 15) is 9.59 Å². The number of amides is 1. The number of nitrogens with zero attached hydrogens (tertiary/aromatic N) is 4. The highest BCUT2D eigenvalue weighted by Gasteiger charge is 2.31. The van der Waals surface area contributed by atoms with Crippen LogP contribution in [0.1, 0.15) is 83.7 Å². The van der Waals surface area contributed by atoms with Crippen molar-refractivity contribution in [3.05, 3.63) is 55.4 Å². The third-order valence-corrected chi connectivity index (χ3v) is 6.92. The molecule has 2 heterocycles.